The number of rotatable bonds is 8. The van der Waals surface area contributed by atoms with Gasteiger partial charge in [0.15, 0.2) is 5.96 Å². The Labute approximate surface area is 153 Å². The van der Waals surface area contributed by atoms with E-state index in [2.05, 4.69) is 10.3 Å². The molecule has 1 aromatic carbocycles. The Bertz CT molecular complexity index is 588. The first-order chi connectivity index (χ1) is 10.8. The molecule has 6 nitrogen and oxygen atoms in total. The Morgan fingerprint density at radius 1 is 1.26 bits per heavy atom. The summed E-state index contributed by atoms with van der Waals surface area (Å²) in [7, 11) is 1.62. The minimum atomic E-state index is 0. The van der Waals surface area contributed by atoms with E-state index >= 15 is 0 Å². The van der Waals surface area contributed by atoms with Gasteiger partial charge in [0.05, 0.1) is 19.1 Å². The van der Waals surface area contributed by atoms with Crippen molar-refractivity contribution in [3.05, 3.63) is 48.4 Å². The maximum Gasteiger partial charge on any atom is 0.193 e. The van der Waals surface area contributed by atoms with Crippen LogP contribution in [0.25, 0.3) is 0 Å². The van der Waals surface area contributed by atoms with Crippen molar-refractivity contribution in [2.24, 2.45) is 10.7 Å². The monoisotopic (exact) mass is 431 g/mol. The van der Waals surface area contributed by atoms with E-state index in [0.29, 0.717) is 25.7 Å². The molecule has 0 fully saturated rings. The van der Waals surface area contributed by atoms with Gasteiger partial charge in [-0.05, 0) is 30.7 Å². The van der Waals surface area contributed by atoms with Gasteiger partial charge in [-0.25, -0.2) is 0 Å². The Morgan fingerprint density at radius 2 is 2.09 bits per heavy atom. The van der Waals surface area contributed by atoms with Crippen molar-refractivity contribution in [3.63, 3.8) is 0 Å². The van der Waals surface area contributed by atoms with Crippen LogP contribution in [0.2, 0.25) is 0 Å². The second kappa shape index (κ2) is 10.9. The van der Waals surface area contributed by atoms with Crippen LogP contribution in [0.4, 0.5) is 5.69 Å². The predicted octanol–water partition coefficient (Wildman–Crippen LogP) is 3.24. The van der Waals surface area contributed by atoms with Crippen LogP contribution >= 0.6 is 24.0 Å². The molecule has 0 aliphatic carbocycles. The summed E-state index contributed by atoms with van der Waals surface area (Å²) < 4.78 is 15.9. The average molecular weight is 431 g/mol. The number of furan rings is 1. The summed E-state index contributed by atoms with van der Waals surface area (Å²) in [6.45, 7) is 1.67. The molecule has 0 atom stereocenters. The van der Waals surface area contributed by atoms with Gasteiger partial charge in [0.25, 0.3) is 0 Å². The molecule has 23 heavy (non-hydrogen) atoms. The van der Waals surface area contributed by atoms with Crippen LogP contribution in [0.1, 0.15) is 12.2 Å². The topological polar surface area (TPSA) is 82.0 Å². The van der Waals surface area contributed by atoms with Gasteiger partial charge in [0.1, 0.15) is 18.1 Å². The van der Waals surface area contributed by atoms with E-state index in [4.69, 9.17) is 19.6 Å². The fraction of sp³-hybridized carbons (Fsp3) is 0.312. The number of anilines is 1. The van der Waals surface area contributed by atoms with Crippen LogP contribution in [0, 0.1) is 0 Å². The van der Waals surface area contributed by atoms with Crippen molar-refractivity contribution in [2.45, 2.75) is 13.0 Å². The zero-order valence-corrected chi connectivity index (χ0v) is 15.4. The number of methoxy groups -OCH3 is 1. The smallest absolute Gasteiger partial charge is 0.193 e. The molecule has 0 aliphatic rings. The minimum absolute atomic E-state index is 0. The summed E-state index contributed by atoms with van der Waals surface area (Å²) in [4.78, 5) is 4.25. The van der Waals surface area contributed by atoms with Gasteiger partial charge >= 0.3 is 0 Å². The van der Waals surface area contributed by atoms with Crippen LogP contribution < -0.4 is 15.8 Å². The highest BCUT2D eigenvalue weighted by Gasteiger charge is 2.02. The van der Waals surface area contributed by atoms with Crippen LogP contribution in [0.15, 0.2) is 52.1 Å². The average Bonchev–Trinajstić information content (AvgIpc) is 3.04. The lowest BCUT2D eigenvalue weighted by atomic mass is 10.3. The van der Waals surface area contributed by atoms with E-state index in [1.807, 2.05) is 36.4 Å². The van der Waals surface area contributed by atoms with E-state index in [9.17, 15) is 0 Å². The van der Waals surface area contributed by atoms with E-state index in [0.717, 1.165) is 23.6 Å². The molecule has 3 N–H and O–H groups in total. The number of nitrogens with two attached hydrogens (primary N) is 1. The SMILES string of the molecule is COc1ccccc1NC(N)=NCCCOCc1ccco1.I. The summed E-state index contributed by atoms with van der Waals surface area (Å²) in [5, 5.41) is 3.02. The van der Waals surface area contributed by atoms with Gasteiger partial charge in [-0.15, -0.1) is 24.0 Å². The summed E-state index contributed by atoms with van der Waals surface area (Å²) in [5.41, 5.74) is 6.64. The quantitative estimate of drug-likeness (QED) is 0.290. The molecule has 0 aliphatic heterocycles. The molecule has 0 radical (unpaired) electrons. The predicted molar refractivity (Wildman–Crippen MR) is 102 cm³/mol. The molecule has 1 aromatic heterocycles. The van der Waals surface area contributed by atoms with Crippen molar-refractivity contribution < 1.29 is 13.9 Å². The Hall–Kier alpha value is -1.74. The maximum atomic E-state index is 5.85. The van der Waals surface area contributed by atoms with Crippen molar-refractivity contribution >= 4 is 35.6 Å². The second-order valence-electron chi connectivity index (χ2n) is 4.58. The first kappa shape index (κ1) is 19.3. The van der Waals surface area contributed by atoms with Crippen LogP contribution in [0.5, 0.6) is 5.75 Å². The van der Waals surface area contributed by atoms with Gasteiger partial charge in [-0.3, -0.25) is 4.99 Å². The highest BCUT2D eigenvalue weighted by atomic mass is 127. The van der Waals surface area contributed by atoms with Crippen molar-refractivity contribution in [3.8, 4) is 5.75 Å². The van der Waals surface area contributed by atoms with Gasteiger partial charge < -0.3 is 24.9 Å². The highest BCUT2D eigenvalue weighted by Crippen LogP contribution is 2.22. The molecule has 1 heterocycles. The summed E-state index contributed by atoms with van der Waals surface area (Å²) in [6, 6.07) is 11.3. The lowest BCUT2D eigenvalue weighted by molar-refractivity contribution is 0.105. The molecule has 0 saturated heterocycles. The molecule has 0 bridgehead atoms. The van der Waals surface area contributed by atoms with E-state index in [-0.39, 0.29) is 24.0 Å². The zero-order valence-electron chi connectivity index (χ0n) is 13.0. The minimum Gasteiger partial charge on any atom is -0.495 e. The van der Waals surface area contributed by atoms with Gasteiger partial charge in [0.2, 0.25) is 0 Å². The highest BCUT2D eigenvalue weighted by molar-refractivity contribution is 14.0. The molecular weight excluding hydrogens is 409 g/mol. The molecule has 0 spiro atoms. The molecule has 2 aromatic rings. The Balaban J connectivity index is 0.00000264. The van der Waals surface area contributed by atoms with E-state index < -0.39 is 0 Å². The molecule has 7 heteroatoms. The van der Waals surface area contributed by atoms with E-state index in [1.54, 1.807) is 13.4 Å². The third kappa shape index (κ3) is 6.91. The number of para-hydroxylation sites is 2. The Morgan fingerprint density at radius 3 is 2.83 bits per heavy atom. The first-order valence-electron chi connectivity index (χ1n) is 7.09. The molecule has 0 unspecified atom stereocenters. The molecule has 0 amide bonds. The zero-order chi connectivity index (χ0) is 15.6. The fourth-order valence-corrected chi connectivity index (χ4v) is 1.86. The van der Waals surface area contributed by atoms with Crippen LogP contribution in [-0.2, 0) is 11.3 Å². The number of guanidine groups is 1. The normalized spacial score (nSPS) is 10.9. The number of aliphatic imine (C=N–C) groups is 1. The number of hydrogen-bond donors (Lipinski definition) is 2. The third-order valence-corrected chi connectivity index (χ3v) is 2.92. The van der Waals surface area contributed by atoms with Gasteiger partial charge in [0, 0.05) is 13.2 Å². The van der Waals surface area contributed by atoms with Crippen LogP contribution in [-0.4, -0.2) is 26.2 Å². The van der Waals surface area contributed by atoms with E-state index in [1.165, 1.54) is 0 Å². The third-order valence-electron chi connectivity index (χ3n) is 2.92. The first-order valence-corrected chi connectivity index (χ1v) is 7.09. The lowest BCUT2D eigenvalue weighted by Gasteiger charge is -2.10. The van der Waals surface area contributed by atoms with Gasteiger partial charge in [-0.1, -0.05) is 12.1 Å². The molecule has 0 saturated carbocycles. The largest absolute Gasteiger partial charge is 0.495 e. The molecule has 126 valence electrons. The number of nitrogens with one attached hydrogen (secondary N) is 1. The number of nitrogens with zero attached hydrogens (tertiary/aromatic N) is 1. The standard InChI is InChI=1S/C16H21N3O3.HI/c1-20-15-8-3-2-7-14(15)19-16(17)18-9-5-10-21-12-13-6-4-11-22-13;/h2-4,6-8,11H,5,9-10,12H2,1H3,(H3,17,18,19);1H. The summed E-state index contributed by atoms with van der Waals surface area (Å²) in [5.74, 6) is 1.90. The van der Waals surface area contributed by atoms with Crippen LogP contribution in [0.3, 0.4) is 0 Å². The summed E-state index contributed by atoms with van der Waals surface area (Å²) in [6.07, 6.45) is 2.42. The van der Waals surface area contributed by atoms with Crippen molar-refractivity contribution in [1.29, 1.82) is 0 Å². The molecule has 2 rings (SSSR count). The second-order valence-corrected chi connectivity index (χ2v) is 4.58. The van der Waals surface area contributed by atoms with Crippen molar-refractivity contribution in [2.75, 3.05) is 25.6 Å². The number of halogens is 1. The lowest BCUT2D eigenvalue weighted by Crippen LogP contribution is -2.23. The molecular formula is C16H22IN3O3. The maximum absolute atomic E-state index is 5.85. The number of ether oxygens (including phenoxy) is 2. The number of benzene rings is 1. The Kier molecular flexibility index (Phi) is 9.15. The summed E-state index contributed by atoms with van der Waals surface area (Å²) >= 11 is 0. The fourth-order valence-electron chi connectivity index (χ4n) is 1.86. The van der Waals surface area contributed by atoms with Crippen molar-refractivity contribution in [1.82, 2.24) is 0 Å². The van der Waals surface area contributed by atoms with Gasteiger partial charge in [-0.2, -0.15) is 0 Å². The number of hydrogen-bond acceptors (Lipinski definition) is 4.